The van der Waals surface area contributed by atoms with Crippen molar-refractivity contribution in [3.8, 4) is 0 Å². The molecule has 0 aromatic carbocycles. The summed E-state index contributed by atoms with van der Waals surface area (Å²) in [5.41, 5.74) is 6.27. The van der Waals surface area contributed by atoms with Gasteiger partial charge < -0.3 is 5.73 Å². The number of nitrogens with two attached hydrogens (primary N) is 1. The molecular formula is C7H15N. The van der Waals surface area contributed by atoms with Gasteiger partial charge in [0.2, 0.25) is 0 Å². The minimum Gasteiger partial charge on any atom is -0.328 e. The summed E-state index contributed by atoms with van der Waals surface area (Å²) in [4.78, 5) is 0. The zero-order valence-electron chi connectivity index (χ0n) is 5.78. The maximum absolute atomic E-state index is 5.62. The molecule has 0 spiro atoms. The fourth-order valence-corrected chi connectivity index (χ4v) is 1.19. The first kappa shape index (κ1) is 6.09. The van der Waals surface area contributed by atoms with E-state index in [2.05, 4.69) is 13.8 Å². The molecule has 0 unspecified atom stereocenters. The average molecular weight is 113 g/mol. The molecule has 1 aliphatic rings. The highest BCUT2D eigenvalue weighted by atomic mass is 14.6. The molecule has 1 nitrogen and oxygen atoms in total. The molecule has 0 bridgehead atoms. The van der Waals surface area contributed by atoms with Gasteiger partial charge in [0.1, 0.15) is 0 Å². The van der Waals surface area contributed by atoms with Crippen LogP contribution in [0.1, 0.15) is 33.1 Å². The van der Waals surface area contributed by atoms with Crippen LogP contribution in [0.2, 0.25) is 0 Å². The summed E-state index contributed by atoms with van der Waals surface area (Å²) in [6, 6.07) is 0.405. The van der Waals surface area contributed by atoms with Gasteiger partial charge in [0.15, 0.2) is 0 Å². The van der Waals surface area contributed by atoms with Crippen molar-refractivity contribution in [1.82, 2.24) is 0 Å². The summed E-state index contributed by atoms with van der Waals surface area (Å²) in [5, 5.41) is 0. The Kier molecular flexibility index (Phi) is 1.31. The third kappa shape index (κ3) is 1.48. The summed E-state index contributed by atoms with van der Waals surface area (Å²) in [6.07, 6.45) is 4.01. The molecule has 0 heterocycles. The monoisotopic (exact) mass is 113 g/mol. The van der Waals surface area contributed by atoms with Gasteiger partial charge in [-0.05, 0) is 31.6 Å². The summed E-state index contributed by atoms with van der Waals surface area (Å²) in [5.74, 6) is 0. The van der Waals surface area contributed by atoms with E-state index in [0.717, 1.165) is 0 Å². The average Bonchev–Trinajstić information content (AvgIpc) is 2.17. The fourth-order valence-electron chi connectivity index (χ4n) is 1.19. The van der Waals surface area contributed by atoms with Crippen LogP contribution in [0.15, 0.2) is 0 Å². The van der Waals surface area contributed by atoms with Crippen LogP contribution < -0.4 is 5.73 Å². The largest absolute Gasteiger partial charge is 0.328 e. The lowest BCUT2D eigenvalue weighted by Gasteiger charge is -2.09. The van der Waals surface area contributed by atoms with Crippen LogP contribution in [-0.4, -0.2) is 6.04 Å². The highest BCUT2D eigenvalue weighted by Crippen LogP contribution is 2.48. The van der Waals surface area contributed by atoms with E-state index in [1.54, 1.807) is 0 Å². The standard InChI is InChI=1S/C7H15N/c1-6(8)5-7(2)3-4-7/h6H,3-5,8H2,1-2H3/t6-/m0/s1. The minimum absolute atomic E-state index is 0.405. The maximum atomic E-state index is 5.62. The van der Waals surface area contributed by atoms with E-state index in [4.69, 9.17) is 5.73 Å². The second kappa shape index (κ2) is 1.73. The van der Waals surface area contributed by atoms with Gasteiger partial charge in [-0.25, -0.2) is 0 Å². The van der Waals surface area contributed by atoms with Gasteiger partial charge in [0.25, 0.3) is 0 Å². The molecular weight excluding hydrogens is 98.1 g/mol. The predicted molar refractivity (Wildman–Crippen MR) is 35.6 cm³/mol. The van der Waals surface area contributed by atoms with Crippen LogP contribution >= 0.6 is 0 Å². The second-order valence-electron chi connectivity index (χ2n) is 3.49. The smallest absolute Gasteiger partial charge is 0.00156 e. The lowest BCUT2D eigenvalue weighted by Crippen LogP contribution is -2.18. The van der Waals surface area contributed by atoms with E-state index in [9.17, 15) is 0 Å². The van der Waals surface area contributed by atoms with Gasteiger partial charge in [-0.15, -0.1) is 0 Å². The van der Waals surface area contributed by atoms with E-state index in [1.165, 1.54) is 19.3 Å². The van der Waals surface area contributed by atoms with Crippen molar-refractivity contribution >= 4 is 0 Å². The maximum Gasteiger partial charge on any atom is 0.00156 e. The molecule has 1 fully saturated rings. The second-order valence-corrected chi connectivity index (χ2v) is 3.49. The Hall–Kier alpha value is -0.0400. The molecule has 48 valence electrons. The van der Waals surface area contributed by atoms with Crippen molar-refractivity contribution in [2.24, 2.45) is 11.1 Å². The first-order valence-electron chi connectivity index (χ1n) is 3.38. The van der Waals surface area contributed by atoms with Crippen molar-refractivity contribution in [3.05, 3.63) is 0 Å². The van der Waals surface area contributed by atoms with Crippen LogP contribution in [0.4, 0.5) is 0 Å². The van der Waals surface area contributed by atoms with Crippen LogP contribution in [-0.2, 0) is 0 Å². The lowest BCUT2D eigenvalue weighted by atomic mass is 10.0. The first-order chi connectivity index (χ1) is 3.62. The van der Waals surface area contributed by atoms with Crippen LogP contribution in [0.25, 0.3) is 0 Å². The molecule has 2 N–H and O–H groups in total. The summed E-state index contributed by atoms with van der Waals surface area (Å²) in [6.45, 7) is 4.40. The van der Waals surface area contributed by atoms with E-state index < -0.39 is 0 Å². The number of hydrogen-bond acceptors (Lipinski definition) is 1. The molecule has 0 amide bonds. The Morgan fingerprint density at radius 1 is 1.62 bits per heavy atom. The van der Waals surface area contributed by atoms with Crippen molar-refractivity contribution in [2.75, 3.05) is 0 Å². The van der Waals surface area contributed by atoms with Gasteiger partial charge in [-0.3, -0.25) is 0 Å². The van der Waals surface area contributed by atoms with Gasteiger partial charge in [-0.1, -0.05) is 6.92 Å². The molecule has 0 aromatic rings. The Labute approximate surface area is 51.3 Å². The van der Waals surface area contributed by atoms with Crippen molar-refractivity contribution in [3.63, 3.8) is 0 Å². The SMILES string of the molecule is C[C@H](N)CC1(C)CC1. The Balaban J connectivity index is 2.19. The summed E-state index contributed by atoms with van der Waals surface area (Å²) < 4.78 is 0. The summed E-state index contributed by atoms with van der Waals surface area (Å²) >= 11 is 0. The minimum atomic E-state index is 0.405. The quantitative estimate of drug-likeness (QED) is 0.577. The Morgan fingerprint density at radius 3 is 2.25 bits per heavy atom. The predicted octanol–water partition coefficient (Wildman–Crippen LogP) is 1.52. The highest BCUT2D eigenvalue weighted by Gasteiger charge is 2.37. The third-order valence-corrected chi connectivity index (χ3v) is 1.92. The Bertz CT molecular complexity index is 82.4. The van der Waals surface area contributed by atoms with Gasteiger partial charge >= 0.3 is 0 Å². The highest BCUT2D eigenvalue weighted by molar-refractivity contribution is 4.90. The van der Waals surface area contributed by atoms with Gasteiger partial charge in [0, 0.05) is 6.04 Å². The Morgan fingerprint density at radius 2 is 2.12 bits per heavy atom. The lowest BCUT2D eigenvalue weighted by molar-refractivity contribution is 0.466. The summed E-state index contributed by atoms with van der Waals surface area (Å²) in [7, 11) is 0. The first-order valence-corrected chi connectivity index (χ1v) is 3.38. The molecule has 1 heteroatoms. The normalized spacial score (nSPS) is 27.4. The van der Waals surface area contributed by atoms with E-state index in [-0.39, 0.29) is 0 Å². The van der Waals surface area contributed by atoms with Crippen LogP contribution in [0.3, 0.4) is 0 Å². The molecule has 1 saturated carbocycles. The van der Waals surface area contributed by atoms with Gasteiger partial charge in [-0.2, -0.15) is 0 Å². The molecule has 0 aromatic heterocycles. The van der Waals surface area contributed by atoms with E-state index in [1.807, 2.05) is 0 Å². The fraction of sp³-hybridized carbons (Fsp3) is 1.00. The molecule has 8 heavy (non-hydrogen) atoms. The third-order valence-electron chi connectivity index (χ3n) is 1.92. The van der Waals surface area contributed by atoms with E-state index in [0.29, 0.717) is 11.5 Å². The molecule has 1 aliphatic carbocycles. The van der Waals surface area contributed by atoms with Crippen LogP contribution in [0, 0.1) is 5.41 Å². The molecule has 1 atom stereocenters. The van der Waals surface area contributed by atoms with Crippen molar-refractivity contribution in [1.29, 1.82) is 0 Å². The molecule has 0 radical (unpaired) electrons. The van der Waals surface area contributed by atoms with Gasteiger partial charge in [0.05, 0.1) is 0 Å². The number of rotatable bonds is 2. The number of hydrogen-bond donors (Lipinski definition) is 1. The van der Waals surface area contributed by atoms with Crippen molar-refractivity contribution < 1.29 is 0 Å². The van der Waals surface area contributed by atoms with E-state index >= 15 is 0 Å². The van der Waals surface area contributed by atoms with Crippen LogP contribution in [0.5, 0.6) is 0 Å². The zero-order valence-corrected chi connectivity index (χ0v) is 5.78. The molecule has 0 aliphatic heterocycles. The zero-order chi connectivity index (χ0) is 6.20. The topological polar surface area (TPSA) is 26.0 Å². The molecule has 1 rings (SSSR count). The van der Waals surface area contributed by atoms with Crippen molar-refractivity contribution in [2.45, 2.75) is 39.2 Å². The molecule has 0 saturated heterocycles.